The molecular formula is C15H20N4O5S2. The number of unbranched alkanes of at least 4 members (excludes halogenated alkanes) is 1. The first-order valence-electron chi connectivity index (χ1n) is 7.91. The molecule has 0 fully saturated rings. The minimum Gasteiger partial charge on any atom is -0.449 e. The van der Waals surface area contributed by atoms with Crippen molar-refractivity contribution in [2.75, 3.05) is 18.2 Å². The van der Waals surface area contributed by atoms with Crippen LogP contribution in [0.4, 0.5) is 10.6 Å². The number of carbonyl (C=O) groups excluding carboxylic acids is 1. The normalized spacial score (nSPS) is 12.6. The first kappa shape index (κ1) is 20.2. The molecule has 1 atom stereocenters. The summed E-state index contributed by atoms with van der Waals surface area (Å²) in [5.74, 6) is 0.321. The molecule has 0 saturated carbocycles. The number of nitrogens with one attached hydrogen (secondary N) is 1. The summed E-state index contributed by atoms with van der Waals surface area (Å²) in [7, 11) is -3.59. The van der Waals surface area contributed by atoms with Gasteiger partial charge in [0.15, 0.2) is 5.01 Å². The van der Waals surface area contributed by atoms with Crippen LogP contribution in [0.3, 0.4) is 0 Å². The molecule has 0 saturated heterocycles. The van der Waals surface area contributed by atoms with Gasteiger partial charge in [0.1, 0.15) is 22.6 Å². The summed E-state index contributed by atoms with van der Waals surface area (Å²) in [6.45, 7) is 3.92. The molecule has 0 aliphatic rings. The monoisotopic (exact) mass is 400 g/mol. The van der Waals surface area contributed by atoms with Gasteiger partial charge in [0.05, 0.1) is 12.9 Å². The molecule has 11 heteroatoms. The van der Waals surface area contributed by atoms with Crippen molar-refractivity contribution < 1.29 is 22.1 Å². The fraction of sp³-hybridized carbons (Fsp3) is 0.467. The van der Waals surface area contributed by atoms with Crippen molar-refractivity contribution >= 4 is 33.4 Å². The zero-order valence-electron chi connectivity index (χ0n) is 14.6. The molecule has 2 rings (SSSR count). The number of amides is 1. The second-order valence-electron chi connectivity index (χ2n) is 5.41. The van der Waals surface area contributed by atoms with Crippen molar-refractivity contribution in [2.24, 2.45) is 0 Å². The van der Waals surface area contributed by atoms with Crippen molar-refractivity contribution in [3.8, 4) is 10.7 Å². The van der Waals surface area contributed by atoms with E-state index < -0.39 is 22.3 Å². The first-order valence-corrected chi connectivity index (χ1v) is 10.5. The third kappa shape index (κ3) is 6.32. The fourth-order valence-electron chi connectivity index (χ4n) is 1.88. The van der Waals surface area contributed by atoms with Crippen LogP contribution in [0.1, 0.15) is 37.8 Å². The Hall–Kier alpha value is -2.11. The molecule has 26 heavy (non-hydrogen) atoms. The Morgan fingerprint density at radius 2 is 2.12 bits per heavy atom. The molecule has 0 aromatic carbocycles. The van der Waals surface area contributed by atoms with Gasteiger partial charge in [-0.3, -0.25) is 9.50 Å². The molecule has 1 unspecified atom stereocenters. The molecule has 1 N–H and O–H groups in total. The zero-order valence-corrected chi connectivity index (χ0v) is 16.3. The summed E-state index contributed by atoms with van der Waals surface area (Å²) in [5.41, 5.74) is 0.492. The first-order chi connectivity index (χ1) is 12.3. The number of pyridine rings is 1. The van der Waals surface area contributed by atoms with E-state index in [4.69, 9.17) is 8.92 Å². The Bertz CT molecular complexity index is 853. The van der Waals surface area contributed by atoms with E-state index in [-0.39, 0.29) is 0 Å². The van der Waals surface area contributed by atoms with Crippen molar-refractivity contribution in [1.29, 1.82) is 0 Å². The van der Waals surface area contributed by atoms with Crippen LogP contribution in [0.25, 0.3) is 10.7 Å². The molecule has 142 valence electrons. The Morgan fingerprint density at radius 1 is 1.35 bits per heavy atom. The van der Waals surface area contributed by atoms with Crippen molar-refractivity contribution in [3.05, 3.63) is 23.2 Å². The van der Waals surface area contributed by atoms with Gasteiger partial charge in [0, 0.05) is 0 Å². The number of hydrogen-bond acceptors (Lipinski definition) is 9. The Balaban J connectivity index is 2.07. The summed E-state index contributed by atoms with van der Waals surface area (Å²) < 4.78 is 32.3. The van der Waals surface area contributed by atoms with E-state index in [2.05, 4.69) is 20.5 Å². The number of hydrogen-bond donors (Lipinski definition) is 1. The third-order valence-electron chi connectivity index (χ3n) is 3.04. The molecule has 0 aliphatic carbocycles. The molecule has 0 spiro atoms. The van der Waals surface area contributed by atoms with Crippen LogP contribution in [0.2, 0.25) is 0 Å². The van der Waals surface area contributed by atoms with Gasteiger partial charge in [-0.1, -0.05) is 30.7 Å². The summed E-state index contributed by atoms with van der Waals surface area (Å²) in [6.07, 6.45) is 1.38. The van der Waals surface area contributed by atoms with Crippen LogP contribution in [0.15, 0.2) is 18.2 Å². The van der Waals surface area contributed by atoms with Crippen LogP contribution >= 0.6 is 11.3 Å². The predicted octanol–water partition coefficient (Wildman–Crippen LogP) is 2.99. The largest absolute Gasteiger partial charge is 0.449 e. The van der Waals surface area contributed by atoms with E-state index in [1.807, 2.05) is 6.92 Å². The van der Waals surface area contributed by atoms with E-state index in [1.54, 1.807) is 25.1 Å². The van der Waals surface area contributed by atoms with Crippen LogP contribution in [-0.2, 0) is 19.0 Å². The van der Waals surface area contributed by atoms with Crippen molar-refractivity contribution in [3.63, 3.8) is 0 Å². The lowest BCUT2D eigenvalue weighted by Gasteiger charge is -2.06. The SMILES string of the molecule is CCCCOC(=O)Nc1cccc(-c2nnc(C(C)OS(C)(=O)=O)s2)n1. The lowest BCUT2D eigenvalue weighted by Crippen LogP contribution is -2.15. The topological polar surface area (TPSA) is 120 Å². The highest BCUT2D eigenvalue weighted by Gasteiger charge is 2.18. The van der Waals surface area contributed by atoms with Gasteiger partial charge in [0.25, 0.3) is 10.1 Å². The molecule has 2 heterocycles. The molecule has 0 radical (unpaired) electrons. The summed E-state index contributed by atoms with van der Waals surface area (Å²) >= 11 is 1.16. The standard InChI is InChI=1S/C15H20N4O5S2/c1-4-5-9-23-15(20)17-12-8-6-7-11(16-12)14-19-18-13(25-14)10(2)24-26(3,21)22/h6-8,10H,4-5,9H2,1-3H3,(H,16,17,20). The molecule has 2 aromatic heterocycles. The number of nitrogens with zero attached hydrogens (tertiary/aromatic N) is 3. The number of ether oxygens (including phenoxy) is 1. The number of anilines is 1. The zero-order chi connectivity index (χ0) is 19.2. The van der Waals surface area contributed by atoms with Gasteiger partial charge in [-0.2, -0.15) is 8.42 Å². The molecule has 9 nitrogen and oxygen atoms in total. The molecular weight excluding hydrogens is 380 g/mol. The Morgan fingerprint density at radius 3 is 2.81 bits per heavy atom. The van der Waals surface area contributed by atoms with Crippen LogP contribution in [0, 0.1) is 0 Å². The van der Waals surface area contributed by atoms with E-state index in [0.717, 1.165) is 30.4 Å². The molecule has 1 amide bonds. The van der Waals surface area contributed by atoms with Gasteiger partial charge in [-0.05, 0) is 25.5 Å². The highest BCUT2D eigenvalue weighted by Crippen LogP contribution is 2.28. The second kappa shape index (κ2) is 9.01. The smallest absolute Gasteiger partial charge is 0.412 e. The average molecular weight is 400 g/mol. The van der Waals surface area contributed by atoms with Gasteiger partial charge in [-0.25, -0.2) is 9.78 Å². The minimum absolute atomic E-state index is 0.321. The maximum absolute atomic E-state index is 11.7. The molecule has 0 bridgehead atoms. The predicted molar refractivity (Wildman–Crippen MR) is 97.4 cm³/mol. The quantitative estimate of drug-likeness (QED) is 0.530. The summed E-state index contributed by atoms with van der Waals surface area (Å²) in [5, 5.41) is 11.4. The third-order valence-corrected chi connectivity index (χ3v) is 4.78. The van der Waals surface area contributed by atoms with E-state index >= 15 is 0 Å². The van der Waals surface area contributed by atoms with Gasteiger partial charge >= 0.3 is 6.09 Å². The maximum Gasteiger partial charge on any atom is 0.412 e. The van der Waals surface area contributed by atoms with Crippen LogP contribution < -0.4 is 5.32 Å². The molecule has 0 aliphatic heterocycles. The highest BCUT2D eigenvalue weighted by atomic mass is 32.2. The highest BCUT2D eigenvalue weighted by molar-refractivity contribution is 7.86. The van der Waals surface area contributed by atoms with Crippen molar-refractivity contribution in [1.82, 2.24) is 15.2 Å². The van der Waals surface area contributed by atoms with Gasteiger partial charge in [0.2, 0.25) is 0 Å². The average Bonchev–Trinajstić information content (AvgIpc) is 3.04. The maximum atomic E-state index is 11.7. The van der Waals surface area contributed by atoms with E-state index in [9.17, 15) is 13.2 Å². The van der Waals surface area contributed by atoms with E-state index in [1.165, 1.54) is 0 Å². The summed E-state index contributed by atoms with van der Waals surface area (Å²) in [6, 6.07) is 5.05. The number of rotatable bonds is 8. The van der Waals surface area contributed by atoms with Crippen LogP contribution in [0.5, 0.6) is 0 Å². The number of carbonyl (C=O) groups is 1. The van der Waals surface area contributed by atoms with Gasteiger partial charge < -0.3 is 4.74 Å². The Kier molecular flexibility index (Phi) is 7.00. The van der Waals surface area contributed by atoms with Gasteiger partial charge in [-0.15, -0.1) is 10.2 Å². The number of aromatic nitrogens is 3. The Labute approximate surface area is 155 Å². The van der Waals surface area contributed by atoms with Crippen LogP contribution in [-0.4, -0.2) is 42.6 Å². The van der Waals surface area contributed by atoms with E-state index in [0.29, 0.717) is 28.1 Å². The van der Waals surface area contributed by atoms with Crippen molar-refractivity contribution in [2.45, 2.75) is 32.8 Å². The fourth-order valence-corrected chi connectivity index (χ4v) is 3.35. The second-order valence-corrected chi connectivity index (χ2v) is 8.02. The summed E-state index contributed by atoms with van der Waals surface area (Å²) in [4.78, 5) is 16.0. The lowest BCUT2D eigenvalue weighted by molar-refractivity contribution is 0.160. The molecule has 2 aromatic rings. The minimum atomic E-state index is -3.59. The lowest BCUT2D eigenvalue weighted by atomic mass is 10.3.